The number of benzene rings is 2. The quantitative estimate of drug-likeness (QED) is 0.665. The molecule has 2 aromatic rings. The molecule has 0 aliphatic rings. The van der Waals surface area contributed by atoms with Gasteiger partial charge in [-0.1, -0.05) is 30.3 Å². The van der Waals surface area contributed by atoms with E-state index in [4.69, 9.17) is 4.74 Å². The first-order chi connectivity index (χ1) is 12.0. The highest BCUT2D eigenvalue weighted by Crippen LogP contribution is 2.12. The summed E-state index contributed by atoms with van der Waals surface area (Å²) in [6, 6.07) is 11.6. The van der Waals surface area contributed by atoms with E-state index in [1.807, 2.05) is 6.07 Å². The lowest BCUT2D eigenvalue weighted by molar-refractivity contribution is -0.136. The van der Waals surface area contributed by atoms with Gasteiger partial charge in [0.25, 0.3) is 0 Å². The van der Waals surface area contributed by atoms with Crippen molar-refractivity contribution in [2.45, 2.75) is 6.61 Å². The summed E-state index contributed by atoms with van der Waals surface area (Å²) in [4.78, 5) is 23.6. The summed E-state index contributed by atoms with van der Waals surface area (Å²) >= 11 is 0. The number of methoxy groups -OCH3 is 1. The number of esters is 1. The van der Waals surface area contributed by atoms with Crippen LogP contribution in [0.4, 0.5) is 13.6 Å². The number of amides is 1. The van der Waals surface area contributed by atoms with Crippen LogP contribution in [0, 0.1) is 11.6 Å². The zero-order chi connectivity index (χ0) is 18.2. The van der Waals surface area contributed by atoms with Crippen molar-refractivity contribution in [3.63, 3.8) is 0 Å². The SMILES string of the molecule is COC(=O)/C(=C/c1cc(F)cc(F)c1)NC(=O)OCc1ccccc1. The second-order valence-corrected chi connectivity index (χ2v) is 4.94. The number of carbonyl (C=O) groups excluding carboxylic acids is 2. The summed E-state index contributed by atoms with van der Waals surface area (Å²) < 4.78 is 36.0. The van der Waals surface area contributed by atoms with E-state index >= 15 is 0 Å². The zero-order valence-corrected chi connectivity index (χ0v) is 13.3. The molecule has 0 spiro atoms. The van der Waals surface area contributed by atoms with E-state index in [9.17, 15) is 18.4 Å². The van der Waals surface area contributed by atoms with Gasteiger partial charge in [-0.15, -0.1) is 0 Å². The summed E-state index contributed by atoms with van der Waals surface area (Å²) in [7, 11) is 1.11. The number of carbonyl (C=O) groups is 2. The Hall–Kier alpha value is -3.22. The fourth-order valence-electron chi connectivity index (χ4n) is 1.95. The molecule has 0 saturated heterocycles. The minimum Gasteiger partial charge on any atom is -0.464 e. The number of ether oxygens (including phenoxy) is 2. The molecule has 0 atom stereocenters. The Morgan fingerprint density at radius 2 is 1.72 bits per heavy atom. The molecule has 1 amide bonds. The predicted octanol–water partition coefficient (Wildman–Crippen LogP) is 3.41. The van der Waals surface area contributed by atoms with Crippen LogP contribution in [-0.4, -0.2) is 19.2 Å². The topological polar surface area (TPSA) is 64.6 Å². The average Bonchev–Trinajstić information content (AvgIpc) is 2.58. The van der Waals surface area contributed by atoms with E-state index in [0.29, 0.717) is 6.07 Å². The van der Waals surface area contributed by atoms with E-state index < -0.39 is 23.7 Å². The second kappa shape index (κ2) is 8.58. The van der Waals surface area contributed by atoms with Crippen LogP contribution in [0.15, 0.2) is 54.2 Å². The molecule has 0 aromatic heterocycles. The molecule has 130 valence electrons. The van der Waals surface area contributed by atoms with Crippen LogP contribution in [0.3, 0.4) is 0 Å². The van der Waals surface area contributed by atoms with Gasteiger partial charge in [-0.3, -0.25) is 5.32 Å². The number of hydrogen-bond acceptors (Lipinski definition) is 4. The van der Waals surface area contributed by atoms with Crippen molar-refractivity contribution in [1.29, 1.82) is 0 Å². The van der Waals surface area contributed by atoms with Crippen molar-refractivity contribution in [3.8, 4) is 0 Å². The minimum atomic E-state index is -0.905. The third-order valence-corrected chi connectivity index (χ3v) is 3.05. The van der Waals surface area contributed by atoms with Gasteiger partial charge in [0.05, 0.1) is 7.11 Å². The van der Waals surface area contributed by atoms with Crippen molar-refractivity contribution in [2.24, 2.45) is 0 Å². The number of halogens is 2. The van der Waals surface area contributed by atoms with Gasteiger partial charge in [0.1, 0.15) is 23.9 Å². The molecule has 0 aliphatic heterocycles. The monoisotopic (exact) mass is 347 g/mol. The summed E-state index contributed by atoms with van der Waals surface area (Å²) in [5.41, 5.74) is 0.486. The van der Waals surface area contributed by atoms with Gasteiger partial charge in [0.2, 0.25) is 0 Å². The van der Waals surface area contributed by atoms with Gasteiger partial charge in [0.15, 0.2) is 0 Å². The van der Waals surface area contributed by atoms with Crippen LogP contribution in [0.1, 0.15) is 11.1 Å². The highest BCUT2D eigenvalue weighted by atomic mass is 19.1. The third kappa shape index (κ3) is 5.72. The molecule has 2 aromatic carbocycles. The Kier molecular flexibility index (Phi) is 6.22. The van der Waals surface area contributed by atoms with Gasteiger partial charge in [-0.05, 0) is 29.3 Å². The Labute approximate surface area is 142 Å². The molecule has 1 N–H and O–H groups in total. The lowest BCUT2D eigenvalue weighted by atomic mass is 10.2. The molecule has 0 fully saturated rings. The lowest BCUT2D eigenvalue weighted by Crippen LogP contribution is -2.28. The van der Waals surface area contributed by atoms with Crippen molar-refractivity contribution >= 4 is 18.1 Å². The molecule has 0 unspecified atom stereocenters. The second-order valence-electron chi connectivity index (χ2n) is 4.94. The van der Waals surface area contributed by atoms with E-state index in [1.54, 1.807) is 24.3 Å². The van der Waals surface area contributed by atoms with Crippen molar-refractivity contribution in [1.82, 2.24) is 5.32 Å². The molecule has 0 radical (unpaired) electrons. The molecule has 2 rings (SSSR count). The number of rotatable bonds is 5. The minimum absolute atomic E-state index is 0.00425. The van der Waals surface area contributed by atoms with Gasteiger partial charge in [-0.25, -0.2) is 18.4 Å². The van der Waals surface area contributed by atoms with E-state index in [2.05, 4.69) is 10.1 Å². The molecule has 7 heteroatoms. The van der Waals surface area contributed by atoms with Crippen molar-refractivity contribution < 1.29 is 27.8 Å². The highest BCUT2D eigenvalue weighted by molar-refractivity contribution is 5.96. The van der Waals surface area contributed by atoms with E-state index in [-0.39, 0.29) is 17.9 Å². The lowest BCUT2D eigenvalue weighted by Gasteiger charge is -2.09. The van der Waals surface area contributed by atoms with Crippen LogP contribution in [0.5, 0.6) is 0 Å². The van der Waals surface area contributed by atoms with E-state index in [0.717, 1.165) is 30.9 Å². The maximum atomic E-state index is 13.2. The van der Waals surface area contributed by atoms with Crippen LogP contribution < -0.4 is 5.32 Å². The number of hydrogen-bond donors (Lipinski definition) is 1. The molecule has 0 aliphatic carbocycles. The maximum absolute atomic E-state index is 13.2. The molecule has 25 heavy (non-hydrogen) atoms. The van der Waals surface area contributed by atoms with Crippen LogP contribution in [-0.2, 0) is 20.9 Å². The predicted molar refractivity (Wildman–Crippen MR) is 86.1 cm³/mol. The maximum Gasteiger partial charge on any atom is 0.412 e. The molecule has 5 nitrogen and oxygen atoms in total. The number of alkyl carbamates (subject to hydrolysis) is 1. The average molecular weight is 347 g/mol. The number of nitrogens with one attached hydrogen (secondary N) is 1. The first-order valence-corrected chi connectivity index (χ1v) is 7.22. The highest BCUT2D eigenvalue weighted by Gasteiger charge is 2.15. The molecule has 0 bridgehead atoms. The fourth-order valence-corrected chi connectivity index (χ4v) is 1.95. The zero-order valence-electron chi connectivity index (χ0n) is 13.3. The van der Waals surface area contributed by atoms with E-state index in [1.165, 1.54) is 0 Å². The summed E-state index contributed by atoms with van der Waals surface area (Å²) in [6.45, 7) is -0.00425. The largest absolute Gasteiger partial charge is 0.464 e. The van der Waals surface area contributed by atoms with Crippen molar-refractivity contribution in [2.75, 3.05) is 7.11 Å². The first-order valence-electron chi connectivity index (χ1n) is 7.22. The van der Waals surface area contributed by atoms with Crippen molar-refractivity contribution in [3.05, 3.63) is 77.0 Å². The fraction of sp³-hybridized carbons (Fsp3) is 0.111. The third-order valence-electron chi connectivity index (χ3n) is 3.05. The van der Waals surface area contributed by atoms with Crippen LogP contribution in [0.25, 0.3) is 6.08 Å². The first kappa shape index (κ1) is 18.1. The summed E-state index contributed by atoms with van der Waals surface area (Å²) in [6.07, 6.45) is 0.180. The Morgan fingerprint density at radius 1 is 1.08 bits per heavy atom. The molecule has 0 saturated carbocycles. The normalized spacial score (nSPS) is 10.9. The van der Waals surface area contributed by atoms with Gasteiger partial charge < -0.3 is 9.47 Å². The van der Waals surface area contributed by atoms with Gasteiger partial charge in [0, 0.05) is 6.07 Å². The van der Waals surface area contributed by atoms with Crippen LogP contribution >= 0.6 is 0 Å². The summed E-state index contributed by atoms with van der Waals surface area (Å²) in [5, 5.41) is 2.21. The Bertz CT molecular complexity index is 771. The Balaban J connectivity index is 2.10. The van der Waals surface area contributed by atoms with Gasteiger partial charge >= 0.3 is 12.1 Å². The standard InChI is InChI=1S/C18H15F2NO4/c1-24-17(22)16(9-13-7-14(19)10-15(20)8-13)21-18(23)25-11-12-5-3-2-4-6-12/h2-10H,11H2,1H3,(H,21,23)/b16-9-. The smallest absolute Gasteiger partial charge is 0.412 e. The Morgan fingerprint density at radius 3 is 2.32 bits per heavy atom. The molecular weight excluding hydrogens is 332 g/mol. The summed E-state index contributed by atoms with van der Waals surface area (Å²) in [5.74, 6) is -2.52. The van der Waals surface area contributed by atoms with Crippen LogP contribution in [0.2, 0.25) is 0 Å². The van der Waals surface area contributed by atoms with Gasteiger partial charge in [-0.2, -0.15) is 0 Å². The molecule has 0 heterocycles. The molecular formula is C18H15F2NO4.